The molecule has 0 saturated carbocycles. The first kappa shape index (κ1) is 13.8. The van der Waals surface area contributed by atoms with E-state index in [0.717, 1.165) is 32.2 Å². The fourth-order valence-electron chi connectivity index (χ4n) is 4.30. The third-order valence-electron chi connectivity index (χ3n) is 5.44. The van der Waals surface area contributed by atoms with Crippen LogP contribution in [0.5, 0.6) is 0 Å². The Morgan fingerprint density at radius 2 is 2.23 bits per heavy atom. The molecular formula is C19H22N2O. The van der Waals surface area contributed by atoms with Gasteiger partial charge in [-0.3, -0.25) is 4.90 Å². The quantitative estimate of drug-likeness (QED) is 0.678. The van der Waals surface area contributed by atoms with Crippen molar-refractivity contribution in [3.8, 4) is 0 Å². The van der Waals surface area contributed by atoms with Gasteiger partial charge in [0.25, 0.3) is 0 Å². The summed E-state index contributed by atoms with van der Waals surface area (Å²) in [4.78, 5) is 17.3. The molecule has 2 atom stereocenters. The molecule has 3 heterocycles. The van der Waals surface area contributed by atoms with Gasteiger partial charge >= 0.3 is 0 Å². The molecule has 2 aromatic rings. The predicted octanol–water partition coefficient (Wildman–Crippen LogP) is 3.62. The number of aromatic nitrogens is 1. The van der Waals surface area contributed by atoms with Gasteiger partial charge in [-0.25, -0.2) is 0 Å². The highest BCUT2D eigenvalue weighted by atomic mass is 16.1. The number of rotatable bonds is 2. The number of nitrogens with one attached hydrogen (secondary N) is 1. The molecule has 2 aliphatic rings. The normalized spacial score (nSPS) is 26.9. The highest BCUT2D eigenvalue weighted by Gasteiger charge is 2.37. The highest BCUT2D eigenvalue weighted by molar-refractivity contribution is 5.85. The summed E-state index contributed by atoms with van der Waals surface area (Å²) in [6.07, 6.45) is 6.12. The summed E-state index contributed by atoms with van der Waals surface area (Å²) in [5, 5.41) is 1.38. The van der Waals surface area contributed by atoms with Gasteiger partial charge in [0.1, 0.15) is 6.29 Å². The summed E-state index contributed by atoms with van der Waals surface area (Å²) in [7, 11) is 0. The van der Waals surface area contributed by atoms with Crippen LogP contribution in [0.1, 0.15) is 37.1 Å². The molecule has 3 nitrogen and oxygen atoms in total. The van der Waals surface area contributed by atoms with E-state index in [4.69, 9.17) is 0 Å². The molecule has 4 rings (SSSR count). The Balaban J connectivity index is 1.75. The lowest BCUT2D eigenvalue weighted by Crippen LogP contribution is -2.42. The lowest BCUT2D eigenvalue weighted by Gasteiger charge is -2.43. The molecule has 0 spiro atoms. The van der Waals surface area contributed by atoms with Crippen molar-refractivity contribution in [3.05, 3.63) is 47.2 Å². The topological polar surface area (TPSA) is 36.1 Å². The van der Waals surface area contributed by atoms with Crippen molar-refractivity contribution in [2.45, 2.75) is 32.2 Å². The second-order valence-electron chi connectivity index (χ2n) is 6.50. The number of fused-ring (bicyclic) bond motifs is 5. The Labute approximate surface area is 131 Å². The lowest BCUT2D eigenvalue weighted by molar-refractivity contribution is -0.108. The maximum Gasteiger partial charge on any atom is 0.120 e. The zero-order chi connectivity index (χ0) is 15.1. The van der Waals surface area contributed by atoms with Gasteiger partial charge in [-0.1, -0.05) is 29.8 Å². The predicted molar refractivity (Wildman–Crippen MR) is 88.9 cm³/mol. The zero-order valence-electron chi connectivity index (χ0n) is 13.0. The number of carbonyl (C=O) groups is 1. The average Bonchev–Trinajstić information content (AvgIpc) is 2.93. The van der Waals surface area contributed by atoms with E-state index >= 15 is 0 Å². The third-order valence-corrected chi connectivity index (χ3v) is 5.44. The van der Waals surface area contributed by atoms with Crippen LogP contribution in [0.25, 0.3) is 10.9 Å². The van der Waals surface area contributed by atoms with Crippen LogP contribution in [0, 0.1) is 5.92 Å². The fourth-order valence-corrected chi connectivity index (χ4v) is 4.30. The molecular weight excluding hydrogens is 272 g/mol. The molecule has 114 valence electrons. The van der Waals surface area contributed by atoms with Gasteiger partial charge in [-0.15, -0.1) is 0 Å². The van der Waals surface area contributed by atoms with Gasteiger partial charge in [0, 0.05) is 36.1 Å². The smallest absolute Gasteiger partial charge is 0.120 e. The zero-order valence-corrected chi connectivity index (χ0v) is 13.0. The van der Waals surface area contributed by atoms with E-state index in [1.807, 2.05) is 0 Å². The van der Waals surface area contributed by atoms with Gasteiger partial charge in [0.05, 0.1) is 6.04 Å². The van der Waals surface area contributed by atoms with Crippen molar-refractivity contribution in [1.82, 2.24) is 9.88 Å². The molecule has 0 radical (unpaired) electrons. The summed E-state index contributed by atoms with van der Waals surface area (Å²) in [5.74, 6) is 0.404. The molecule has 0 amide bonds. The second-order valence-corrected chi connectivity index (χ2v) is 6.50. The van der Waals surface area contributed by atoms with Gasteiger partial charge in [-0.2, -0.15) is 0 Å². The standard InChI is InChI=1S/C19H22N2O/c1-2-13-12-21-9-7-16-15-5-3-4-6-17(15)20-19(16)18(21)11-14(13)8-10-22/h2-6,10,14,18,20H,7-9,11-12H2,1H3/b13-2+/t14-,18-/m0/s1. The number of hydrogen-bond donors (Lipinski definition) is 1. The third kappa shape index (κ3) is 2.03. The van der Waals surface area contributed by atoms with Crippen LogP contribution in [-0.4, -0.2) is 29.3 Å². The number of aldehydes is 1. The first-order chi connectivity index (χ1) is 10.8. The summed E-state index contributed by atoms with van der Waals surface area (Å²) in [5.41, 5.74) is 5.56. The largest absolute Gasteiger partial charge is 0.357 e. The van der Waals surface area contributed by atoms with Crippen LogP contribution in [0.15, 0.2) is 35.9 Å². The molecule has 1 aromatic heterocycles. The van der Waals surface area contributed by atoms with Crippen molar-refractivity contribution in [1.29, 1.82) is 0 Å². The molecule has 1 saturated heterocycles. The number of hydrogen-bond acceptors (Lipinski definition) is 2. The number of benzene rings is 1. The highest BCUT2D eigenvalue weighted by Crippen LogP contribution is 2.43. The van der Waals surface area contributed by atoms with Crippen molar-refractivity contribution < 1.29 is 4.79 Å². The number of nitrogens with zero attached hydrogens (tertiary/aromatic N) is 1. The Kier molecular flexibility index (Phi) is 3.38. The molecule has 0 bridgehead atoms. The molecule has 2 aliphatic heterocycles. The van der Waals surface area contributed by atoms with E-state index < -0.39 is 0 Å². The number of H-pyrrole nitrogens is 1. The second kappa shape index (κ2) is 5.40. The van der Waals surface area contributed by atoms with Crippen molar-refractivity contribution in [2.75, 3.05) is 13.1 Å². The molecule has 1 aromatic carbocycles. The maximum absolute atomic E-state index is 11.0. The Morgan fingerprint density at radius 1 is 1.36 bits per heavy atom. The van der Waals surface area contributed by atoms with Gasteiger partial charge in [-0.05, 0) is 37.3 Å². The minimum absolute atomic E-state index is 0.404. The minimum Gasteiger partial charge on any atom is -0.357 e. The average molecular weight is 294 g/mol. The summed E-state index contributed by atoms with van der Waals surface area (Å²) in [6, 6.07) is 9.04. The van der Waals surface area contributed by atoms with Gasteiger partial charge in [0.2, 0.25) is 0 Å². The first-order valence-corrected chi connectivity index (χ1v) is 8.24. The molecule has 22 heavy (non-hydrogen) atoms. The number of piperidine rings is 1. The van der Waals surface area contributed by atoms with Gasteiger partial charge in [0.15, 0.2) is 0 Å². The van der Waals surface area contributed by atoms with E-state index in [1.165, 1.54) is 27.7 Å². The van der Waals surface area contributed by atoms with Crippen molar-refractivity contribution >= 4 is 17.2 Å². The van der Waals surface area contributed by atoms with E-state index in [0.29, 0.717) is 18.4 Å². The Bertz CT molecular complexity index is 743. The SMILES string of the molecule is C/C=C1\CN2CCc3c([nH]c4ccccc34)[C@@H]2C[C@@H]1CC=O. The fraction of sp³-hybridized carbons (Fsp3) is 0.421. The van der Waals surface area contributed by atoms with Crippen LogP contribution < -0.4 is 0 Å². The number of carbonyl (C=O) groups excluding carboxylic acids is 1. The van der Waals surface area contributed by atoms with Crippen LogP contribution in [0.2, 0.25) is 0 Å². The summed E-state index contributed by atoms with van der Waals surface area (Å²) >= 11 is 0. The number of allylic oxidation sites excluding steroid dienone is 1. The number of para-hydroxylation sites is 1. The molecule has 0 unspecified atom stereocenters. The molecule has 1 N–H and O–H groups in total. The molecule has 1 fully saturated rings. The van der Waals surface area contributed by atoms with Crippen molar-refractivity contribution in [3.63, 3.8) is 0 Å². The minimum atomic E-state index is 0.404. The van der Waals surface area contributed by atoms with Crippen molar-refractivity contribution in [2.24, 2.45) is 5.92 Å². The van der Waals surface area contributed by atoms with Crippen LogP contribution in [0.3, 0.4) is 0 Å². The number of aromatic amines is 1. The van der Waals surface area contributed by atoms with Crippen LogP contribution in [0.4, 0.5) is 0 Å². The lowest BCUT2D eigenvalue weighted by atomic mass is 9.80. The Hall–Kier alpha value is -1.87. The summed E-state index contributed by atoms with van der Waals surface area (Å²) in [6.45, 7) is 4.23. The first-order valence-electron chi connectivity index (χ1n) is 8.24. The molecule has 3 heteroatoms. The summed E-state index contributed by atoms with van der Waals surface area (Å²) < 4.78 is 0. The van der Waals surface area contributed by atoms with Gasteiger partial charge < -0.3 is 9.78 Å². The monoisotopic (exact) mass is 294 g/mol. The van der Waals surface area contributed by atoms with E-state index in [1.54, 1.807) is 0 Å². The van der Waals surface area contributed by atoms with E-state index in [-0.39, 0.29) is 0 Å². The molecule has 0 aliphatic carbocycles. The van der Waals surface area contributed by atoms with Crippen LogP contribution in [-0.2, 0) is 11.2 Å². The Morgan fingerprint density at radius 3 is 3.05 bits per heavy atom. The maximum atomic E-state index is 11.0. The van der Waals surface area contributed by atoms with Crippen LogP contribution >= 0.6 is 0 Å². The van der Waals surface area contributed by atoms with E-state index in [9.17, 15) is 4.79 Å². The van der Waals surface area contributed by atoms with E-state index in [2.05, 4.69) is 47.1 Å².